The summed E-state index contributed by atoms with van der Waals surface area (Å²) < 4.78 is 6.68. The monoisotopic (exact) mass is 331 g/mol. The van der Waals surface area contributed by atoms with E-state index in [1.54, 1.807) is 0 Å². The van der Waals surface area contributed by atoms with Gasteiger partial charge in [-0.25, -0.2) is 0 Å². The van der Waals surface area contributed by atoms with Crippen molar-refractivity contribution in [2.24, 2.45) is 5.92 Å². The second-order valence-corrected chi connectivity index (χ2v) is 7.43. The summed E-state index contributed by atoms with van der Waals surface area (Å²) in [5.74, 6) is 0.814. The van der Waals surface area contributed by atoms with Gasteiger partial charge in [-0.05, 0) is 66.2 Å². The lowest BCUT2D eigenvalue weighted by atomic mass is 9.92. The van der Waals surface area contributed by atoms with Gasteiger partial charge in [-0.15, -0.1) is 11.3 Å². The van der Waals surface area contributed by atoms with E-state index in [0.29, 0.717) is 6.04 Å². The van der Waals surface area contributed by atoms with Gasteiger partial charge in [0, 0.05) is 24.1 Å². The highest BCUT2D eigenvalue weighted by Gasteiger charge is 2.21. The molecule has 1 N–H and O–H groups in total. The van der Waals surface area contributed by atoms with Crippen LogP contribution in [0, 0.1) is 5.92 Å². The van der Waals surface area contributed by atoms with E-state index in [9.17, 15) is 0 Å². The molecule has 0 saturated carbocycles. The van der Waals surface area contributed by atoms with Crippen LogP contribution in [0.5, 0.6) is 0 Å². The zero-order chi connectivity index (χ0) is 12.8. The molecular formula is C14H22BrNOS. The van der Waals surface area contributed by atoms with Gasteiger partial charge in [0.1, 0.15) is 0 Å². The molecule has 1 saturated heterocycles. The Hall–Kier alpha value is 0.1000. The average Bonchev–Trinajstić information content (AvgIpc) is 2.82. The van der Waals surface area contributed by atoms with Gasteiger partial charge in [-0.1, -0.05) is 6.92 Å². The van der Waals surface area contributed by atoms with Crippen molar-refractivity contribution >= 4 is 27.3 Å². The van der Waals surface area contributed by atoms with Crippen LogP contribution in [0.2, 0.25) is 0 Å². The number of hydrogen-bond donors (Lipinski definition) is 1. The standard InChI is InChI=1S/C14H22BrNOS/c1-2-7-16-12(13-3-4-14(15)18-13)10-11-5-8-17-9-6-11/h3-4,11-12,16H,2,5-10H2,1H3. The first-order valence-corrected chi connectivity index (χ1v) is 8.47. The van der Waals surface area contributed by atoms with Crippen molar-refractivity contribution in [1.82, 2.24) is 5.32 Å². The number of ether oxygens (including phenoxy) is 1. The molecule has 1 aliphatic rings. The van der Waals surface area contributed by atoms with Crippen molar-refractivity contribution in [3.05, 3.63) is 20.8 Å². The Kier molecular flexibility index (Phi) is 6.15. The fraction of sp³-hybridized carbons (Fsp3) is 0.714. The Bertz CT molecular complexity index is 349. The first-order chi connectivity index (χ1) is 8.79. The molecule has 0 amide bonds. The molecule has 2 rings (SSSR count). The van der Waals surface area contributed by atoms with Gasteiger partial charge < -0.3 is 10.1 Å². The van der Waals surface area contributed by atoms with Crippen LogP contribution in [0.3, 0.4) is 0 Å². The Morgan fingerprint density at radius 1 is 1.44 bits per heavy atom. The molecule has 0 aliphatic carbocycles. The van der Waals surface area contributed by atoms with Gasteiger partial charge in [-0.3, -0.25) is 0 Å². The summed E-state index contributed by atoms with van der Waals surface area (Å²) in [5.41, 5.74) is 0. The zero-order valence-electron chi connectivity index (χ0n) is 11.0. The summed E-state index contributed by atoms with van der Waals surface area (Å²) in [5, 5.41) is 3.70. The minimum absolute atomic E-state index is 0.518. The molecule has 0 radical (unpaired) electrons. The molecule has 18 heavy (non-hydrogen) atoms. The van der Waals surface area contributed by atoms with Crippen molar-refractivity contribution in [2.75, 3.05) is 19.8 Å². The SMILES string of the molecule is CCCNC(CC1CCOCC1)c1ccc(Br)s1. The Morgan fingerprint density at radius 2 is 2.22 bits per heavy atom. The van der Waals surface area contributed by atoms with Crippen LogP contribution in [-0.2, 0) is 4.74 Å². The molecule has 1 aliphatic heterocycles. The second kappa shape index (κ2) is 7.63. The van der Waals surface area contributed by atoms with Crippen molar-refractivity contribution in [2.45, 2.75) is 38.6 Å². The lowest BCUT2D eigenvalue weighted by Crippen LogP contribution is -2.26. The predicted molar refractivity (Wildman–Crippen MR) is 81.2 cm³/mol. The van der Waals surface area contributed by atoms with Crippen molar-refractivity contribution in [1.29, 1.82) is 0 Å². The molecule has 1 unspecified atom stereocenters. The summed E-state index contributed by atoms with van der Waals surface area (Å²) in [4.78, 5) is 1.46. The van der Waals surface area contributed by atoms with Crippen LogP contribution < -0.4 is 5.32 Å². The van der Waals surface area contributed by atoms with Gasteiger partial charge in [0.25, 0.3) is 0 Å². The summed E-state index contributed by atoms with van der Waals surface area (Å²) in [6.07, 6.45) is 4.88. The highest BCUT2D eigenvalue weighted by Crippen LogP contribution is 2.33. The van der Waals surface area contributed by atoms with Crippen LogP contribution in [0.25, 0.3) is 0 Å². The molecule has 0 spiro atoms. The first-order valence-electron chi connectivity index (χ1n) is 6.86. The van der Waals surface area contributed by atoms with E-state index >= 15 is 0 Å². The van der Waals surface area contributed by atoms with Gasteiger partial charge in [0.15, 0.2) is 0 Å². The number of halogens is 1. The molecule has 2 heterocycles. The van der Waals surface area contributed by atoms with E-state index < -0.39 is 0 Å². The topological polar surface area (TPSA) is 21.3 Å². The Labute approximate surface area is 122 Å². The molecule has 2 nitrogen and oxygen atoms in total. The molecule has 4 heteroatoms. The number of nitrogens with one attached hydrogen (secondary N) is 1. The zero-order valence-corrected chi connectivity index (χ0v) is 13.4. The Balaban J connectivity index is 1.95. The van der Waals surface area contributed by atoms with Crippen LogP contribution in [-0.4, -0.2) is 19.8 Å². The normalized spacial score (nSPS) is 19.0. The van der Waals surface area contributed by atoms with Crippen LogP contribution >= 0.6 is 27.3 Å². The van der Waals surface area contributed by atoms with Crippen LogP contribution in [0.4, 0.5) is 0 Å². The fourth-order valence-electron chi connectivity index (χ4n) is 2.45. The third kappa shape index (κ3) is 4.34. The smallest absolute Gasteiger partial charge is 0.0701 e. The van der Waals surface area contributed by atoms with Gasteiger partial charge in [0.05, 0.1) is 3.79 Å². The quantitative estimate of drug-likeness (QED) is 0.835. The lowest BCUT2D eigenvalue weighted by Gasteiger charge is -2.26. The van der Waals surface area contributed by atoms with E-state index in [4.69, 9.17) is 4.74 Å². The largest absolute Gasteiger partial charge is 0.381 e. The molecule has 0 bridgehead atoms. The van der Waals surface area contributed by atoms with Gasteiger partial charge in [0.2, 0.25) is 0 Å². The van der Waals surface area contributed by atoms with Crippen LogP contribution in [0.15, 0.2) is 15.9 Å². The number of hydrogen-bond acceptors (Lipinski definition) is 3. The first kappa shape index (κ1) is 14.5. The van der Waals surface area contributed by atoms with E-state index in [0.717, 1.165) is 25.7 Å². The molecule has 1 aromatic rings. The van der Waals surface area contributed by atoms with Crippen LogP contribution in [0.1, 0.15) is 43.5 Å². The highest BCUT2D eigenvalue weighted by atomic mass is 79.9. The molecular weight excluding hydrogens is 310 g/mol. The summed E-state index contributed by atoms with van der Waals surface area (Å²) in [6.45, 7) is 5.21. The van der Waals surface area contributed by atoms with E-state index in [2.05, 4.69) is 40.3 Å². The minimum atomic E-state index is 0.518. The third-order valence-corrected chi connectivity index (χ3v) is 5.23. The van der Waals surface area contributed by atoms with E-state index in [1.165, 1.54) is 34.3 Å². The lowest BCUT2D eigenvalue weighted by molar-refractivity contribution is 0.0606. The van der Waals surface area contributed by atoms with E-state index in [1.807, 2.05) is 11.3 Å². The van der Waals surface area contributed by atoms with Crippen molar-refractivity contribution < 1.29 is 4.74 Å². The summed E-state index contributed by atoms with van der Waals surface area (Å²) in [7, 11) is 0. The van der Waals surface area contributed by atoms with Gasteiger partial charge in [-0.2, -0.15) is 0 Å². The van der Waals surface area contributed by atoms with E-state index in [-0.39, 0.29) is 0 Å². The third-order valence-electron chi connectivity index (χ3n) is 3.49. The number of thiophene rings is 1. The minimum Gasteiger partial charge on any atom is -0.381 e. The maximum Gasteiger partial charge on any atom is 0.0701 e. The maximum absolute atomic E-state index is 5.45. The predicted octanol–water partition coefficient (Wildman–Crippen LogP) is 4.37. The molecule has 1 fully saturated rings. The second-order valence-electron chi connectivity index (χ2n) is 4.94. The average molecular weight is 332 g/mol. The van der Waals surface area contributed by atoms with Crippen molar-refractivity contribution in [3.63, 3.8) is 0 Å². The molecule has 102 valence electrons. The molecule has 1 aromatic heterocycles. The fourth-order valence-corrected chi connectivity index (χ4v) is 3.96. The maximum atomic E-state index is 5.45. The summed E-state index contributed by atoms with van der Waals surface area (Å²) >= 11 is 5.42. The van der Waals surface area contributed by atoms with Gasteiger partial charge >= 0.3 is 0 Å². The van der Waals surface area contributed by atoms with Crippen molar-refractivity contribution in [3.8, 4) is 0 Å². The molecule has 1 atom stereocenters. The number of rotatable bonds is 6. The Morgan fingerprint density at radius 3 is 2.83 bits per heavy atom. The molecule has 0 aromatic carbocycles. The summed E-state index contributed by atoms with van der Waals surface area (Å²) in [6, 6.07) is 4.93. The highest BCUT2D eigenvalue weighted by molar-refractivity contribution is 9.11.